The van der Waals surface area contributed by atoms with Gasteiger partial charge in [-0.15, -0.1) is 0 Å². The molecule has 0 bridgehead atoms. The zero-order valence-electron chi connectivity index (χ0n) is 18.2. The minimum absolute atomic E-state index is 0.0356. The fourth-order valence-electron chi connectivity index (χ4n) is 3.61. The molecule has 0 unspecified atom stereocenters. The second-order valence-electron chi connectivity index (χ2n) is 7.64. The predicted octanol–water partition coefficient (Wildman–Crippen LogP) is 3.10. The van der Waals surface area contributed by atoms with Crippen LogP contribution in [0.15, 0.2) is 41.3 Å². The van der Waals surface area contributed by atoms with Gasteiger partial charge in [0.25, 0.3) is 11.6 Å². The van der Waals surface area contributed by atoms with E-state index in [2.05, 4.69) is 5.32 Å². The van der Waals surface area contributed by atoms with E-state index < -0.39 is 20.9 Å². The molecule has 0 spiro atoms. The van der Waals surface area contributed by atoms with Gasteiger partial charge in [0.05, 0.1) is 17.6 Å². The number of carbonyl (C=O) groups is 1. The summed E-state index contributed by atoms with van der Waals surface area (Å²) in [5, 5.41) is 13.8. The van der Waals surface area contributed by atoms with Crippen LogP contribution in [0.3, 0.4) is 0 Å². The van der Waals surface area contributed by atoms with Crippen molar-refractivity contribution in [3.05, 3.63) is 52.1 Å². The van der Waals surface area contributed by atoms with Crippen LogP contribution in [0, 0.1) is 10.1 Å². The largest absolute Gasteiger partial charge is 0.495 e. The zero-order valence-corrected chi connectivity index (χ0v) is 19.0. The van der Waals surface area contributed by atoms with Gasteiger partial charge in [-0.25, -0.2) is 8.42 Å². The maximum absolute atomic E-state index is 13.2. The first-order chi connectivity index (χ1) is 15.1. The Labute approximate surface area is 187 Å². The molecule has 1 aliphatic rings. The van der Waals surface area contributed by atoms with Crippen molar-refractivity contribution in [2.75, 3.05) is 44.5 Å². The van der Waals surface area contributed by atoms with E-state index in [1.54, 1.807) is 19.0 Å². The van der Waals surface area contributed by atoms with Gasteiger partial charge >= 0.3 is 0 Å². The van der Waals surface area contributed by atoms with E-state index >= 15 is 0 Å². The van der Waals surface area contributed by atoms with Crippen molar-refractivity contribution in [2.24, 2.45) is 0 Å². The molecule has 1 amide bonds. The summed E-state index contributed by atoms with van der Waals surface area (Å²) in [5.74, 6) is -0.415. The first kappa shape index (κ1) is 23.5. The number of ether oxygens (including phenoxy) is 1. The fraction of sp³-hybridized carbons (Fsp3) is 0.381. The number of non-ortho nitro benzene ring substituents is 1. The Morgan fingerprint density at radius 2 is 1.81 bits per heavy atom. The number of nitrogens with one attached hydrogen (secondary N) is 1. The molecule has 1 N–H and O–H groups in total. The van der Waals surface area contributed by atoms with Crippen molar-refractivity contribution in [1.29, 1.82) is 0 Å². The number of anilines is 2. The Morgan fingerprint density at radius 1 is 1.12 bits per heavy atom. The number of nitro benzene ring substituents is 1. The topological polar surface area (TPSA) is 122 Å². The van der Waals surface area contributed by atoms with Crippen LogP contribution in [0.4, 0.5) is 17.1 Å². The summed E-state index contributed by atoms with van der Waals surface area (Å²) in [5.41, 5.74) is 0.606. The second-order valence-corrected chi connectivity index (χ2v) is 9.54. The Kier molecular flexibility index (Phi) is 6.99. The summed E-state index contributed by atoms with van der Waals surface area (Å²) in [6, 6.07) is 8.37. The van der Waals surface area contributed by atoms with Crippen LogP contribution in [-0.2, 0) is 10.0 Å². The number of carbonyl (C=O) groups excluding carboxylic acids is 1. The molecule has 0 aliphatic carbocycles. The molecular weight excluding hydrogens is 436 g/mol. The summed E-state index contributed by atoms with van der Waals surface area (Å²) < 4.78 is 33.1. The Hall–Kier alpha value is -3.18. The van der Waals surface area contributed by atoms with E-state index in [9.17, 15) is 23.3 Å². The predicted molar refractivity (Wildman–Crippen MR) is 121 cm³/mol. The molecule has 0 atom stereocenters. The number of rotatable bonds is 7. The number of hydrogen-bond acceptors (Lipinski definition) is 7. The number of nitro groups is 1. The van der Waals surface area contributed by atoms with E-state index in [-0.39, 0.29) is 27.6 Å². The summed E-state index contributed by atoms with van der Waals surface area (Å²) in [4.78, 5) is 25.2. The summed E-state index contributed by atoms with van der Waals surface area (Å²) in [7, 11) is 1.01. The zero-order chi connectivity index (χ0) is 23.5. The van der Waals surface area contributed by atoms with E-state index in [1.807, 2.05) is 0 Å². The van der Waals surface area contributed by atoms with Gasteiger partial charge in [0, 0.05) is 50.7 Å². The third-order valence-corrected chi connectivity index (χ3v) is 7.19. The fourth-order valence-corrected chi connectivity index (χ4v) is 5.31. The molecule has 172 valence electrons. The monoisotopic (exact) mass is 462 g/mol. The molecular formula is C21H26N4O6S. The van der Waals surface area contributed by atoms with Crippen LogP contribution in [0.5, 0.6) is 5.75 Å². The van der Waals surface area contributed by atoms with Gasteiger partial charge in [0.2, 0.25) is 10.0 Å². The quantitative estimate of drug-likeness (QED) is 0.495. The first-order valence-electron chi connectivity index (χ1n) is 10.1. The smallest absolute Gasteiger partial charge is 0.270 e. The third kappa shape index (κ3) is 4.83. The molecule has 0 aromatic heterocycles. The van der Waals surface area contributed by atoms with Crippen LogP contribution >= 0.6 is 0 Å². The van der Waals surface area contributed by atoms with Gasteiger partial charge in [0.15, 0.2) is 0 Å². The average molecular weight is 463 g/mol. The molecule has 32 heavy (non-hydrogen) atoms. The number of piperidine rings is 1. The summed E-state index contributed by atoms with van der Waals surface area (Å²) >= 11 is 0. The van der Waals surface area contributed by atoms with Crippen molar-refractivity contribution in [3.8, 4) is 5.75 Å². The van der Waals surface area contributed by atoms with Crippen molar-refractivity contribution in [2.45, 2.75) is 24.2 Å². The van der Waals surface area contributed by atoms with Gasteiger partial charge in [-0.1, -0.05) is 6.42 Å². The average Bonchev–Trinajstić information content (AvgIpc) is 2.79. The van der Waals surface area contributed by atoms with Crippen LogP contribution in [0.1, 0.15) is 29.6 Å². The third-order valence-electron chi connectivity index (χ3n) is 5.27. The standard InChI is InChI=1S/C21H26N4O6S/c1-23(2)18-9-8-16(25(27)28)14-17(18)21(26)22-15-7-10-19(31-3)20(13-15)32(29,30)24-11-5-4-6-12-24/h7-10,13-14H,4-6,11-12H2,1-3H3,(H,22,26). The minimum Gasteiger partial charge on any atom is -0.495 e. The molecule has 1 aliphatic heterocycles. The molecule has 0 radical (unpaired) electrons. The molecule has 1 saturated heterocycles. The number of benzene rings is 2. The second kappa shape index (κ2) is 9.53. The van der Waals surface area contributed by atoms with Crippen LogP contribution in [0.25, 0.3) is 0 Å². The highest BCUT2D eigenvalue weighted by Crippen LogP contribution is 2.32. The minimum atomic E-state index is -3.81. The number of sulfonamides is 1. The van der Waals surface area contributed by atoms with Gasteiger partial charge in [-0.05, 0) is 37.1 Å². The first-order valence-corrected chi connectivity index (χ1v) is 11.5. The molecule has 1 heterocycles. The van der Waals surface area contributed by atoms with Crippen LogP contribution in [0.2, 0.25) is 0 Å². The molecule has 11 heteroatoms. The molecule has 2 aromatic rings. The molecule has 1 fully saturated rings. The lowest BCUT2D eigenvalue weighted by molar-refractivity contribution is -0.384. The van der Waals surface area contributed by atoms with E-state index in [1.165, 1.54) is 47.8 Å². The van der Waals surface area contributed by atoms with Crippen LogP contribution in [-0.4, -0.2) is 57.8 Å². The number of amides is 1. The normalized spacial score (nSPS) is 14.6. The highest BCUT2D eigenvalue weighted by molar-refractivity contribution is 7.89. The van der Waals surface area contributed by atoms with Gasteiger partial charge in [0.1, 0.15) is 10.6 Å². The lowest BCUT2D eigenvalue weighted by atomic mass is 10.1. The van der Waals surface area contributed by atoms with E-state index in [4.69, 9.17) is 4.74 Å². The van der Waals surface area contributed by atoms with Gasteiger partial charge in [-0.2, -0.15) is 4.31 Å². The molecule has 2 aromatic carbocycles. The summed E-state index contributed by atoms with van der Waals surface area (Å²) in [6.45, 7) is 0.865. The van der Waals surface area contributed by atoms with E-state index in [0.29, 0.717) is 18.8 Å². The number of hydrogen-bond donors (Lipinski definition) is 1. The van der Waals surface area contributed by atoms with E-state index in [0.717, 1.165) is 19.3 Å². The summed E-state index contributed by atoms with van der Waals surface area (Å²) in [6.07, 6.45) is 2.56. The van der Waals surface area contributed by atoms with Crippen molar-refractivity contribution in [1.82, 2.24) is 4.31 Å². The Morgan fingerprint density at radius 3 is 2.41 bits per heavy atom. The molecule has 10 nitrogen and oxygen atoms in total. The maximum atomic E-state index is 13.2. The Bertz CT molecular complexity index is 1130. The highest BCUT2D eigenvalue weighted by atomic mass is 32.2. The Balaban J connectivity index is 1.97. The number of nitrogens with zero attached hydrogens (tertiary/aromatic N) is 3. The highest BCUT2D eigenvalue weighted by Gasteiger charge is 2.29. The SMILES string of the molecule is COc1ccc(NC(=O)c2cc([N+](=O)[O-])ccc2N(C)C)cc1S(=O)(=O)N1CCCCC1. The van der Waals surface area contributed by atoms with Crippen molar-refractivity contribution in [3.63, 3.8) is 0 Å². The molecule has 3 rings (SSSR count). The van der Waals surface area contributed by atoms with Gasteiger partial charge < -0.3 is 15.0 Å². The van der Waals surface area contributed by atoms with Crippen LogP contribution < -0.4 is 15.0 Å². The number of methoxy groups -OCH3 is 1. The maximum Gasteiger partial charge on any atom is 0.270 e. The van der Waals surface area contributed by atoms with Gasteiger partial charge in [-0.3, -0.25) is 14.9 Å². The van der Waals surface area contributed by atoms with Crippen molar-refractivity contribution >= 4 is 33.0 Å². The lowest BCUT2D eigenvalue weighted by Crippen LogP contribution is -2.35. The lowest BCUT2D eigenvalue weighted by Gasteiger charge is -2.26. The van der Waals surface area contributed by atoms with Crippen molar-refractivity contribution < 1.29 is 22.9 Å². The molecule has 0 saturated carbocycles.